The molecule has 40 heavy (non-hydrogen) atoms. The number of aromatic nitrogens is 2. The maximum absolute atomic E-state index is 12.4. The molecule has 0 aliphatic heterocycles. The molecule has 10 atom stereocenters. The molecule has 6 rings (SSSR count). The van der Waals surface area contributed by atoms with Crippen molar-refractivity contribution in [2.45, 2.75) is 111 Å². The van der Waals surface area contributed by atoms with Gasteiger partial charge in [0.2, 0.25) is 0 Å². The van der Waals surface area contributed by atoms with Crippen LogP contribution in [-0.2, 0) is 25.5 Å². The summed E-state index contributed by atoms with van der Waals surface area (Å²) in [7, 11) is 0. The van der Waals surface area contributed by atoms with Gasteiger partial charge in [0.25, 0.3) is 0 Å². The maximum Gasteiger partial charge on any atom is 0.302 e. The van der Waals surface area contributed by atoms with E-state index in [1.165, 1.54) is 32.6 Å². The molecule has 1 aromatic carbocycles. The first-order valence-corrected chi connectivity index (χ1v) is 15.9. The molecular weight excluding hydrogens is 500 g/mol. The van der Waals surface area contributed by atoms with Gasteiger partial charge in [-0.3, -0.25) is 9.59 Å². The van der Waals surface area contributed by atoms with Crippen molar-refractivity contribution in [2.75, 3.05) is 0 Å². The van der Waals surface area contributed by atoms with Crippen LogP contribution in [-0.4, -0.2) is 34.1 Å². The number of hydrogen-bond acceptors (Lipinski definition) is 5. The zero-order chi connectivity index (χ0) is 28.2. The molecule has 0 amide bonds. The molecule has 4 aliphatic carbocycles. The van der Waals surface area contributed by atoms with Gasteiger partial charge in [0.05, 0.1) is 11.0 Å². The summed E-state index contributed by atoms with van der Waals surface area (Å²) in [6.07, 6.45) is 11.0. The molecule has 1 aromatic heterocycles. The Bertz CT molecular complexity index is 1220. The quantitative estimate of drug-likeness (QED) is 0.384. The fourth-order valence-corrected chi connectivity index (χ4v) is 10.5. The van der Waals surface area contributed by atoms with Crippen molar-refractivity contribution in [3.63, 3.8) is 0 Å². The van der Waals surface area contributed by atoms with E-state index in [2.05, 4.69) is 44.0 Å². The van der Waals surface area contributed by atoms with Crippen LogP contribution in [0.3, 0.4) is 0 Å². The predicted octanol–water partition coefficient (Wildman–Crippen LogP) is 7.26. The Morgan fingerprint density at radius 2 is 1.70 bits per heavy atom. The van der Waals surface area contributed by atoms with Crippen molar-refractivity contribution >= 4 is 23.0 Å². The highest BCUT2D eigenvalue weighted by molar-refractivity contribution is 5.74. The number of fused-ring (bicyclic) bond motifs is 6. The van der Waals surface area contributed by atoms with Crippen LogP contribution in [0.4, 0.5) is 0 Å². The van der Waals surface area contributed by atoms with E-state index in [1.54, 1.807) is 6.92 Å². The second-order valence-electron chi connectivity index (χ2n) is 14.3. The third-order valence-corrected chi connectivity index (χ3v) is 12.3. The van der Waals surface area contributed by atoms with Crippen LogP contribution < -0.4 is 0 Å². The number of imidazole rings is 1. The fraction of sp³-hybridized carbons (Fsp3) is 0.735. The Labute approximate surface area is 239 Å². The SMILES string of the molecule is CC(=O)O[C@@H]1CC[C@]2(C)C3CC[C@]4(C)C(C(C)CCc5nc6ccccc6[nH]5)CCC4C3[C@H](OC(C)=O)C[C@@H]2C1. The number of carbonyl (C=O) groups is 2. The molecule has 1 N–H and O–H groups in total. The summed E-state index contributed by atoms with van der Waals surface area (Å²) in [5.41, 5.74) is 2.69. The van der Waals surface area contributed by atoms with Gasteiger partial charge in [-0.05, 0) is 110 Å². The molecular formula is C34H48N2O4. The molecule has 2 aromatic rings. The number of H-pyrrole nitrogens is 1. The molecule has 4 saturated carbocycles. The summed E-state index contributed by atoms with van der Waals surface area (Å²) < 4.78 is 11.9. The second-order valence-corrected chi connectivity index (χ2v) is 14.3. The minimum absolute atomic E-state index is 0.00224. The van der Waals surface area contributed by atoms with Gasteiger partial charge in [0.1, 0.15) is 18.0 Å². The Morgan fingerprint density at radius 3 is 2.45 bits per heavy atom. The molecule has 1 heterocycles. The first-order valence-electron chi connectivity index (χ1n) is 15.9. The van der Waals surface area contributed by atoms with Gasteiger partial charge in [0.15, 0.2) is 0 Å². The minimum atomic E-state index is -0.182. The number of para-hydroxylation sites is 2. The number of nitrogens with zero attached hydrogens (tertiary/aromatic N) is 1. The third kappa shape index (κ3) is 4.77. The Balaban J connectivity index is 1.20. The number of esters is 2. The third-order valence-electron chi connectivity index (χ3n) is 12.3. The van der Waals surface area contributed by atoms with Crippen LogP contribution in [0.25, 0.3) is 11.0 Å². The number of carbonyl (C=O) groups excluding carboxylic acids is 2. The lowest BCUT2D eigenvalue weighted by molar-refractivity contribution is -0.197. The first-order chi connectivity index (χ1) is 19.1. The van der Waals surface area contributed by atoms with Gasteiger partial charge in [0, 0.05) is 26.2 Å². The molecule has 0 spiro atoms. The van der Waals surface area contributed by atoms with E-state index in [-0.39, 0.29) is 35.0 Å². The number of benzene rings is 1. The van der Waals surface area contributed by atoms with Crippen molar-refractivity contribution < 1.29 is 19.1 Å². The van der Waals surface area contributed by atoms with E-state index in [1.807, 2.05) is 6.07 Å². The van der Waals surface area contributed by atoms with Crippen LogP contribution in [0.15, 0.2) is 24.3 Å². The van der Waals surface area contributed by atoms with Crippen LogP contribution in [0.2, 0.25) is 0 Å². The summed E-state index contributed by atoms with van der Waals surface area (Å²) in [4.78, 5) is 32.4. The zero-order valence-corrected chi connectivity index (χ0v) is 25.1. The Kier molecular flexibility index (Phi) is 7.28. The topological polar surface area (TPSA) is 81.3 Å². The van der Waals surface area contributed by atoms with Gasteiger partial charge in [-0.25, -0.2) is 4.98 Å². The lowest BCUT2D eigenvalue weighted by Gasteiger charge is -2.62. The molecule has 6 nitrogen and oxygen atoms in total. The van der Waals surface area contributed by atoms with Gasteiger partial charge in [-0.2, -0.15) is 0 Å². The molecule has 0 saturated heterocycles. The van der Waals surface area contributed by atoms with Crippen molar-refractivity contribution in [3.8, 4) is 0 Å². The monoisotopic (exact) mass is 548 g/mol. The molecule has 4 aliphatic rings. The average molecular weight is 549 g/mol. The average Bonchev–Trinajstić information content (AvgIpc) is 3.48. The number of ether oxygens (including phenoxy) is 2. The summed E-state index contributed by atoms with van der Waals surface area (Å²) in [6, 6.07) is 8.30. The largest absolute Gasteiger partial charge is 0.463 e. The Morgan fingerprint density at radius 1 is 0.975 bits per heavy atom. The highest BCUT2D eigenvalue weighted by atomic mass is 16.5. The van der Waals surface area contributed by atoms with Crippen molar-refractivity contribution in [1.82, 2.24) is 9.97 Å². The molecule has 0 bridgehead atoms. The van der Waals surface area contributed by atoms with E-state index in [9.17, 15) is 9.59 Å². The van der Waals surface area contributed by atoms with Crippen molar-refractivity contribution in [1.29, 1.82) is 0 Å². The lowest BCUT2D eigenvalue weighted by Crippen LogP contribution is -2.59. The maximum atomic E-state index is 12.4. The van der Waals surface area contributed by atoms with E-state index in [0.29, 0.717) is 35.5 Å². The fourth-order valence-electron chi connectivity index (χ4n) is 10.5. The van der Waals surface area contributed by atoms with Crippen LogP contribution in [0.5, 0.6) is 0 Å². The van der Waals surface area contributed by atoms with Crippen LogP contribution in [0.1, 0.15) is 98.2 Å². The van der Waals surface area contributed by atoms with E-state index in [0.717, 1.165) is 55.4 Å². The molecule has 4 fully saturated rings. The number of nitrogens with one attached hydrogen (secondary N) is 1. The van der Waals surface area contributed by atoms with E-state index in [4.69, 9.17) is 14.5 Å². The molecule has 5 unspecified atom stereocenters. The second kappa shape index (κ2) is 10.5. The summed E-state index contributed by atoms with van der Waals surface area (Å²) >= 11 is 0. The summed E-state index contributed by atoms with van der Waals surface area (Å²) in [5.74, 6) is 4.10. The number of rotatable bonds is 6. The van der Waals surface area contributed by atoms with Crippen molar-refractivity contribution in [3.05, 3.63) is 30.1 Å². The van der Waals surface area contributed by atoms with Gasteiger partial charge in [-0.1, -0.05) is 32.9 Å². The first kappa shape index (κ1) is 27.8. The molecule has 0 radical (unpaired) electrons. The van der Waals surface area contributed by atoms with Crippen LogP contribution >= 0.6 is 0 Å². The number of hydrogen-bond donors (Lipinski definition) is 1. The van der Waals surface area contributed by atoms with Gasteiger partial charge < -0.3 is 14.5 Å². The van der Waals surface area contributed by atoms with Gasteiger partial charge >= 0.3 is 11.9 Å². The highest BCUT2D eigenvalue weighted by Gasteiger charge is 2.64. The van der Waals surface area contributed by atoms with E-state index >= 15 is 0 Å². The standard InChI is InChI=1S/C34H48N2O4/c1-20(10-13-31-35-28-8-6-7-9-29(28)36-31)25-11-12-26-32-27(15-17-34(25,26)5)33(4)16-14-24(39-21(2)37)18-23(33)19-30(32)40-22(3)38/h6-9,20,23-27,30,32H,10-19H2,1-5H3,(H,35,36)/t20?,23-,24+,25?,26?,27?,30+,32?,33-,34+/m0/s1. The molecule has 218 valence electrons. The number of aryl methyl sites for hydroxylation is 1. The highest BCUT2D eigenvalue weighted by Crippen LogP contribution is 2.68. The predicted molar refractivity (Wildman–Crippen MR) is 155 cm³/mol. The lowest BCUT2D eigenvalue weighted by atomic mass is 9.43. The Hall–Kier alpha value is -2.37. The smallest absolute Gasteiger partial charge is 0.302 e. The van der Waals surface area contributed by atoms with Gasteiger partial charge in [-0.15, -0.1) is 0 Å². The number of aromatic amines is 1. The summed E-state index contributed by atoms with van der Waals surface area (Å²) in [5, 5.41) is 0. The summed E-state index contributed by atoms with van der Waals surface area (Å²) in [6.45, 7) is 10.6. The zero-order valence-electron chi connectivity index (χ0n) is 25.1. The normalized spacial score (nSPS) is 39.6. The van der Waals surface area contributed by atoms with Crippen molar-refractivity contribution in [2.24, 2.45) is 46.3 Å². The minimum Gasteiger partial charge on any atom is -0.463 e. The van der Waals surface area contributed by atoms with Crippen LogP contribution in [0, 0.1) is 46.3 Å². The molecule has 6 heteroatoms. The van der Waals surface area contributed by atoms with E-state index < -0.39 is 0 Å².